The third kappa shape index (κ3) is 25.9. The molecule has 0 rings (SSSR count). The zero-order chi connectivity index (χ0) is 15.6. The molecule has 0 aromatic heterocycles. The van der Waals surface area contributed by atoms with Crippen molar-refractivity contribution < 1.29 is 9.90 Å². The second-order valence-corrected chi connectivity index (χ2v) is 5.42. The van der Waals surface area contributed by atoms with Gasteiger partial charge < -0.3 is 10.8 Å². The molecular weight excluding hydrogens is 250 g/mol. The number of hydrogen-bond acceptors (Lipinski definition) is 2. The molecule has 3 N–H and O–H groups in total. The van der Waals surface area contributed by atoms with Gasteiger partial charge in [-0.2, -0.15) is 0 Å². The van der Waals surface area contributed by atoms with Gasteiger partial charge in [-0.05, 0) is 19.8 Å². The van der Waals surface area contributed by atoms with Crippen LogP contribution in [0.3, 0.4) is 0 Å². The topological polar surface area (TPSA) is 63.3 Å². The second kappa shape index (κ2) is 18.2. The van der Waals surface area contributed by atoms with Gasteiger partial charge in [0.25, 0.3) is 0 Å². The SMILES string of the molecule is CCCCC=CC(=O)O.CCCCCCCCC(C)N. The van der Waals surface area contributed by atoms with Gasteiger partial charge in [0.15, 0.2) is 0 Å². The lowest BCUT2D eigenvalue weighted by Crippen LogP contribution is -2.13. The van der Waals surface area contributed by atoms with Crippen molar-refractivity contribution >= 4 is 5.97 Å². The second-order valence-electron chi connectivity index (χ2n) is 5.42. The summed E-state index contributed by atoms with van der Waals surface area (Å²) < 4.78 is 0. The molecule has 1 unspecified atom stereocenters. The number of allylic oxidation sites excluding steroid dienone is 1. The van der Waals surface area contributed by atoms with Crippen molar-refractivity contribution in [2.45, 2.75) is 91.0 Å². The van der Waals surface area contributed by atoms with E-state index in [1.807, 2.05) is 0 Å². The predicted octanol–water partition coefficient (Wildman–Crippen LogP) is 4.90. The molecule has 20 heavy (non-hydrogen) atoms. The van der Waals surface area contributed by atoms with Crippen LogP contribution in [0, 0.1) is 0 Å². The van der Waals surface area contributed by atoms with Gasteiger partial charge in [0.2, 0.25) is 0 Å². The molecular formula is C17H35NO2. The molecule has 0 aromatic carbocycles. The van der Waals surface area contributed by atoms with Crippen LogP contribution in [0.2, 0.25) is 0 Å². The number of unbranched alkanes of at least 4 members (excludes halogenated alkanes) is 7. The summed E-state index contributed by atoms with van der Waals surface area (Å²) in [7, 11) is 0. The van der Waals surface area contributed by atoms with E-state index in [9.17, 15) is 4.79 Å². The average Bonchev–Trinajstić information content (AvgIpc) is 2.39. The summed E-state index contributed by atoms with van der Waals surface area (Å²) in [4.78, 5) is 9.88. The first-order valence-corrected chi connectivity index (χ1v) is 8.19. The maximum Gasteiger partial charge on any atom is 0.327 e. The number of hydrogen-bond donors (Lipinski definition) is 2. The van der Waals surface area contributed by atoms with Gasteiger partial charge in [-0.1, -0.05) is 71.3 Å². The fourth-order valence-corrected chi connectivity index (χ4v) is 1.75. The number of rotatable bonds is 11. The average molecular weight is 285 g/mol. The minimum atomic E-state index is -0.855. The first-order valence-electron chi connectivity index (χ1n) is 8.19. The van der Waals surface area contributed by atoms with Gasteiger partial charge in [0, 0.05) is 12.1 Å². The Hall–Kier alpha value is -0.830. The Kier molecular flexibility index (Phi) is 19.5. The summed E-state index contributed by atoms with van der Waals surface area (Å²) in [5, 5.41) is 8.13. The van der Waals surface area contributed by atoms with Crippen molar-refractivity contribution in [2.24, 2.45) is 5.73 Å². The fraction of sp³-hybridized carbons (Fsp3) is 0.824. The summed E-state index contributed by atoms with van der Waals surface area (Å²) in [6, 6.07) is 0.404. The predicted molar refractivity (Wildman–Crippen MR) is 87.9 cm³/mol. The van der Waals surface area contributed by atoms with E-state index in [1.54, 1.807) is 6.08 Å². The van der Waals surface area contributed by atoms with E-state index in [0.717, 1.165) is 19.3 Å². The van der Waals surface area contributed by atoms with Crippen molar-refractivity contribution in [1.29, 1.82) is 0 Å². The Bertz CT molecular complexity index is 225. The van der Waals surface area contributed by atoms with Crippen molar-refractivity contribution in [2.75, 3.05) is 0 Å². The largest absolute Gasteiger partial charge is 0.478 e. The number of carbonyl (C=O) groups is 1. The standard InChI is InChI=1S/C10H23N.C7H12O2/c1-3-4-5-6-7-8-9-10(2)11;1-2-3-4-5-6-7(8)9/h10H,3-9,11H2,1-2H3;5-6H,2-4H2,1H3,(H,8,9). The molecule has 0 aliphatic heterocycles. The van der Waals surface area contributed by atoms with Gasteiger partial charge in [0.05, 0.1) is 0 Å². The van der Waals surface area contributed by atoms with E-state index in [2.05, 4.69) is 20.8 Å². The number of carboxylic acid groups (broad SMARTS) is 1. The van der Waals surface area contributed by atoms with E-state index >= 15 is 0 Å². The zero-order valence-corrected chi connectivity index (χ0v) is 13.7. The summed E-state index contributed by atoms with van der Waals surface area (Å²) in [5.74, 6) is -0.855. The minimum absolute atomic E-state index is 0.404. The number of aliphatic carboxylic acids is 1. The first-order chi connectivity index (χ1) is 9.54. The molecule has 0 aliphatic carbocycles. The minimum Gasteiger partial charge on any atom is -0.478 e. The molecule has 1 atom stereocenters. The van der Waals surface area contributed by atoms with Crippen LogP contribution < -0.4 is 5.73 Å². The highest BCUT2D eigenvalue weighted by atomic mass is 16.4. The third-order valence-corrected chi connectivity index (χ3v) is 3.00. The zero-order valence-electron chi connectivity index (χ0n) is 13.7. The van der Waals surface area contributed by atoms with Crippen LogP contribution >= 0.6 is 0 Å². The molecule has 0 aromatic rings. The summed E-state index contributed by atoms with van der Waals surface area (Å²) in [6.45, 7) is 6.42. The van der Waals surface area contributed by atoms with Crippen LogP contribution in [0.4, 0.5) is 0 Å². The van der Waals surface area contributed by atoms with E-state index in [0.29, 0.717) is 6.04 Å². The Balaban J connectivity index is 0. The van der Waals surface area contributed by atoms with Crippen molar-refractivity contribution in [1.82, 2.24) is 0 Å². The lowest BCUT2D eigenvalue weighted by Gasteiger charge is -2.03. The lowest BCUT2D eigenvalue weighted by molar-refractivity contribution is -0.131. The Morgan fingerprint density at radius 2 is 1.60 bits per heavy atom. The molecule has 0 fully saturated rings. The van der Waals surface area contributed by atoms with Crippen LogP contribution in [-0.4, -0.2) is 17.1 Å². The van der Waals surface area contributed by atoms with Crippen LogP contribution in [0.1, 0.15) is 85.0 Å². The molecule has 0 spiro atoms. The van der Waals surface area contributed by atoms with E-state index < -0.39 is 5.97 Å². The molecule has 120 valence electrons. The Labute approximate surface area is 125 Å². The Morgan fingerprint density at radius 3 is 2.10 bits per heavy atom. The first kappa shape index (κ1) is 21.5. The highest BCUT2D eigenvalue weighted by molar-refractivity contribution is 5.79. The molecule has 0 bridgehead atoms. The van der Waals surface area contributed by atoms with Gasteiger partial charge in [0.1, 0.15) is 0 Å². The van der Waals surface area contributed by atoms with Gasteiger partial charge in [-0.25, -0.2) is 4.79 Å². The monoisotopic (exact) mass is 285 g/mol. The van der Waals surface area contributed by atoms with Crippen LogP contribution in [0.15, 0.2) is 12.2 Å². The smallest absolute Gasteiger partial charge is 0.327 e. The molecule has 0 amide bonds. The number of carboxylic acids is 1. The molecule has 0 aliphatic rings. The van der Waals surface area contributed by atoms with Gasteiger partial charge in [-0.15, -0.1) is 0 Å². The van der Waals surface area contributed by atoms with Crippen LogP contribution in [0.5, 0.6) is 0 Å². The molecule has 0 radical (unpaired) electrons. The van der Waals surface area contributed by atoms with Gasteiger partial charge >= 0.3 is 5.97 Å². The molecule has 0 saturated carbocycles. The van der Waals surface area contributed by atoms with Crippen LogP contribution in [-0.2, 0) is 4.79 Å². The summed E-state index contributed by atoms with van der Waals surface area (Å²) >= 11 is 0. The molecule has 0 heterocycles. The third-order valence-electron chi connectivity index (χ3n) is 3.00. The normalized spacial score (nSPS) is 12.0. The quantitative estimate of drug-likeness (QED) is 0.419. The van der Waals surface area contributed by atoms with E-state index in [4.69, 9.17) is 10.8 Å². The molecule has 3 heteroatoms. The van der Waals surface area contributed by atoms with E-state index in [-0.39, 0.29) is 0 Å². The lowest BCUT2D eigenvalue weighted by atomic mass is 10.1. The van der Waals surface area contributed by atoms with Crippen molar-refractivity contribution in [3.63, 3.8) is 0 Å². The molecule has 3 nitrogen and oxygen atoms in total. The van der Waals surface area contributed by atoms with Crippen molar-refractivity contribution in [3.05, 3.63) is 12.2 Å². The van der Waals surface area contributed by atoms with E-state index in [1.165, 1.54) is 51.0 Å². The van der Waals surface area contributed by atoms with Gasteiger partial charge in [-0.3, -0.25) is 0 Å². The maximum absolute atomic E-state index is 9.88. The summed E-state index contributed by atoms with van der Waals surface area (Å²) in [5.41, 5.74) is 5.63. The highest BCUT2D eigenvalue weighted by Crippen LogP contribution is 2.07. The Morgan fingerprint density at radius 1 is 1.05 bits per heavy atom. The fourth-order valence-electron chi connectivity index (χ4n) is 1.75. The highest BCUT2D eigenvalue weighted by Gasteiger charge is 1.93. The van der Waals surface area contributed by atoms with Crippen molar-refractivity contribution in [3.8, 4) is 0 Å². The maximum atomic E-state index is 9.88. The van der Waals surface area contributed by atoms with Crippen LogP contribution in [0.25, 0.3) is 0 Å². The molecule has 0 saturated heterocycles. The number of nitrogens with two attached hydrogens (primary N) is 1. The summed E-state index contributed by atoms with van der Waals surface area (Å²) in [6.07, 6.45) is 15.4.